The van der Waals surface area contributed by atoms with Crippen LogP contribution in [-0.2, 0) is 6.54 Å². The molecule has 218 valence electrons. The van der Waals surface area contributed by atoms with Gasteiger partial charge < -0.3 is 20.3 Å². The number of aromatic nitrogens is 2. The Bertz CT molecular complexity index is 1610. The van der Waals surface area contributed by atoms with Gasteiger partial charge in [0.1, 0.15) is 11.6 Å². The number of rotatable bonds is 10. The van der Waals surface area contributed by atoms with Gasteiger partial charge in [-0.1, -0.05) is 29.8 Å². The van der Waals surface area contributed by atoms with Crippen molar-refractivity contribution in [3.63, 3.8) is 0 Å². The first-order valence-corrected chi connectivity index (χ1v) is 14.0. The first-order valence-electron chi connectivity index (χ1n) is 13.7. The van der Waals surface area contributed by atoms with Crippen molar-refractivity contribution in [2.45, 2.75) is 46.3 Å². The summed E-state index contributed by atoms with van der Waals surface area (Å²) in [6, 6.07) is 18.4. The second-order valence-corrected chi connectivity index (χ2v) is 10.8. The Balaban J connectivity index is 1.50. The minimum absolute atomic E-state index is 0.0409. The maximum atomic E-state index is 13.3. The molecule has 2 heterocycles. The molecular weight excluding hydrogens is 554 g/mol. The maximum absolute atomic E-state index is 13.3. The van der Waals surface area contributed by atoms with E-state index in [2.05, 4.69) is 48.2 Å². The third-order valence-corrected chi connectivity index (χ3v) is 7.12. The van der Waals surface area contributed by atoms with Gasteiger partial charge in [-0.05, 0) is 81.8 Å². The fourth-order valence-electron chi connectivity index (χ4n) is 4.75. The minimum Gasteiger partial charge on any atom is -0.506 e. The predicted molar refractivity (Wildman–Crippen MR) is 166 cm³/mol. The molecule has 0 saturated carbocycles. The average molecular weight is 588 g/mol. The number of aromatic hydroxyl groups is 1. The van der Waals surface area contributed by atoms with Crippen molar-refractivity contribution in [2.24, 2.45) is 0 Å². The van der Waals surface area contributed by atoms with Crippen molar-refractivity contribution >= 4 is 34.9 Å². The molecule has 2 amide bonds. The lowest BCUT2D eigenvalue weighted by molar-refractivity contribution is 0.102. The molecule has 0 bridgehead atoms. The number of para-hydroxylation sites is 1. The van der Waals surface area contributed by atoms with E-state index >= 15 is 0 Å². The first kappa shape index (κ1) is 30.5. The molecule has 0 atom stereocenters. The number of hydrogen-bond acceptors (Lipinski definition) is 6. The lowest BCUT2D eigenvalue weighted by Gasteiger charge is -2.30. The summed E-state index contributed by atoms with van der Waals surface area (Å²) in [6.45, 7) is 9.89. The molecule has 0 unspecified atom stereocenters. The number of pyridine rings is 2. The number of carbonyl (C=O) groups excluding carboxylic acids is 2. The van der Waals surface area contributed by atoms with Gasteiger partial charge >= 0.3 is 0 Å². The van der Waals surface area contributed by atoms with Gasteiger partial charge in [0.05, 0.1) is 16.3 Å². The van der Waals surface area contributed by atoms with Crippen LogP contribution in [0.25, 0.3) is 11.1 Å². The Hall–Kier alpha value is -4.47. The number of hydrogen-bond donors (Lipinski definition) is 3. The van der Waals surface area contributed by atoms with Gasteiger partial charge in [0.15, 0.2) is 0 Å². The van der Waals surface area contributed by atoms with E-state index in [-0.39, 0.29) is 33.9 Å². The van der Waals surface area contributed by atoms with E-state index in [9.17, 15) is 19.5 Å². The van der Waals surface area contributed by atoms with E-state index in [1.165, 1.54) is 30.5 Å². The van der Waals surface area contributed by atoms with Crippen LogP contribution >= 0.6 is 11.6 Å². The summed E-state index contributed by atoms with van der Waals surface area (Å²) in [6.07, 6.45) is 3.18. The second kappa shape index (κ2) is 13.5. The molecule has 2 aromatic carbocycles. The van der Waals surface area contributed by atoms with Gasteiger partial charge in [-0.2, -0.15) is 0 Å². The Labute approximate surface area is 249 Å². The van der Waals surface area contributed by atoms with Crippen molar-refractivity contribution in [3.8, 4) is 16.9 Å². The summed E-state index contributed by atoms with van der Waals surface area (Å²) in [5, 5.41) is 16.1. The van der Waals surface area contributed by atoms with Crippen LogP contribution < -0.4 is 16.2 Å². The molecule has 9 nitrogen and oxygen atoms in total. The van der Waals surface area contributed by atoms with E-state index in [4.69, 9.17) is 11.6 Å². The summed E-state index contributed by atoms with van der Waals surface area (Å²) in [5.74, 6) is -1.11. The average Bonchev–Trinajstić information content (AvgIpc) is 2.96. The van der Waals surface area contributed by atoms with Gasteiger partial charge in [-0.15, -0.1) is 0 Å². The number of phenolic OH excluding ortho intramolecular Hbond substituents is 1. The fourth-order valence-corrected chi connectivity index (χ4v) is 4.86. The van der Waals surface area contributed by atoms with E-state index in [0.717, 1.165) is 6.54 Å². The van der Waals surface area contributed by atoms with Crippen molar-refractivity contribution < 1.29 is 14.7 Å². The standard InChI is InChI=1S/C32H34ClN5O4/c1-20(2)38(21(3)4)18-17-37-16-6-8-25(32(37)42)22-10-12-23(13-11-22)30(40)36-29-26(7-5-9-27(29)39)31(41)35-28-15-14-24(33)19-34-28/h5-16,19-21,39H,17-18H2,1-4H3,(H,36,40)(H,34,35,41). The molecule has 42 heavy (non-hydrogen) atoms. The van der Waals surface area contributed by atoms with Crippen molar-refractivity contribution in [3.05, 3.63) is 106 Å². The molecule has 0 aliphatic heterocycles. The van der Waals surface area contributed by atoms with E-state index in [1.807, 2.05) is 6.07 Å². The normalized spacial score (nSPS) is 11.2. The molecule has 0 spiro atoms. The molecule has 0 radical (unpaired) electrons. The summed E-state index contributed by atoms with van der Waals surface area (Å²) in [7, 11) is 0. The highest BCUT2D eigenvalue weighted by Crippen LogP contribution is 2.29. The summed E-state index contributed by atoms with van der Waals surface area (Å²) >= 11 is 5.85. The Kier molecular flexibility index (Phi) is 9.77. The lowest BCUT2D eigenvalue weighted by Crippen LogP contribution is -2.40. The van der Waals surface area contributed by atoms with Gasteiger partial charge in [0.2, 0.25) is 0 Å². The van der Waals surface area contributed by atoms with Gasteiger partial charge in [0.25, 0.3) is 17.4 Å². The zero-order chi connectivity index (χ0) is 30.4. The quantitative estimate of drug-likeness (QED) is 0.199. The molecule has 4 aromatic rings. The summed E-state index contributed by atoms with van der Waals surface area (Å²) < 4.78 is 1.71. The number of nitrogens with one attached hydrogen (secondary N) is 2. The van der Waals surface area contributed by atoms with Crippen LogP contribution in [0.2, 0.25) is 5.02 Å². The van der Waals surface area contributed by atoms with Crippen LogP contribution in [0.5, 0.6) is 5.75 Å². The molecule has 0 aliphatic carbocycles. The van der Waals surface area contributed by atoms with Gasteiger partial charge in [0, 0.05) is 48.7 Å². The summed E-state index contributed by atoms with van der Waals surface area (Å²) in [5.41, 5.74) is 1.39. The molecule has 2 aromatic heterocycles. The number of nitrogens with zero attached hydrogens (tertiary/aromatic N) is 3. The molecule has 0 saturated heterocycles. The van der Waals surface area contributed by atoms with E-state index < -0.39 is 11.8 Å². The number of amides is 2. The van der Waals surface area contributed by atoms with Crippen molar-refractivity contribution in [2.75, 3.05) is 17.2 Å². The molecular formula is C32H34ClN5O4. The minimum atomic E-state index is -0.573. The second-order valence-electron chi connectivity index (χ2n) is 10.4. The molecule has 4 rings (SSSR count). The smallest absolute Gasteiger partial charge is 0.259 e. The van der Waals surface area contributed by atoms with Gasteiger partial charge in [-0.25, -0.2) is 4.98 Å². The Morgan fingerprint density at radius 3 is 2.29 bits per heavy atom. The maximum Gasteiger partial charge on any atom is 0.259 e. The van der Waals surface area contributed by atoms with Gasteiger partial charge in [-0.3, -0.25) is 19.3 Å². The highest BCUT2D eigenvalue weighted by Gasteiger charge is 2.19. The third-order valence-electron chi connectivity index (χ3n) is 6.90. The van der Waals surface area contributed by atoms with Crippen LogP contribution in [0, 0.1) is 0 Å². The van der Waals surface area contributed by atoms with E-state index in [1.54, 1.807) is 47.2 Å². The monoisotopic (exact) mass is 587 g/mol. The first-order chi connectivity index (χ1) is 20.0. The summed E-state index contributed by atoms with van der Waals surface area (Å²) in [4.78, 5) is 45.7. The number of anilines is 2. The third kappa shape index (κ3) is 7.23. The van der Waals surface area contributed by atoms with Crippen LogP contribution in [0.3, 0.4) is 0 Å². The molecule has 0 fully saturated rings. The van der Waals surface area contributed by atoms with E-state index in [0.29, 0.717) is 34.8 Å². The Morgan fingerprint density at radius 2 is 1.64 bits per heavy atom. The van der Waals surface area contributed by atoms with Crippen LogP contribution in [0.4, 0.5) is 11.5 Å². The fraction of sp³-hybridized carbons (Fsp3) is 0.250. The van der Waals surface area contributed by atoms with Crippen LogP contribution in [-0.4, -0.2) is 50.0 Å². The van der Waals surface area contributed by atoms with Crippen molar-refractivity contribution in [1.29, 1.82) is 0 Å². The van der Waals surface area contributed by atoms with Crippen molar-refractivity contribution in [1.82, 2.24) is 14.5 Å². The number of phenols is 1. The Morgan fingerprint density at radius 1 is 0.929 bits per heavy atom. The highest BCUT2D eigenvalue weighted by molar-refractivity contribution is 6.30. The highest BCUT2D eigenvalue weighted by atomic mass is 35.5. The zero-order valence-corrected chi connectivity index (χ0v) is 24.7. The molecule has 3 N–H and O–H groups in total. The SMILES string of the molecule is CC(C)N(CCn1cccc(-c2ccc(C(=O)Nc3c(O)cccc3C(=O)Nc3ccc(Cl)cn3)cc2)c1=O)C(C)C. The predicted octanol–water partition coefficient (Wildman–Crippen LogP) is 5.89. The zero-order valence-electron chi connectivity index (χ0n) is 24.0. The number of halogens is 1. The number of carbonyl (C=O) groups is 2. The molecule has 0 aliphatic rings. The molecule has 10 heteroatoms. The topological polar surface area (TPSA) is 117 Å². The largest absolute Gasteiger partial charge is 0.506 e. The lowest BCUT2D eigenvalue weighted by atomic mass is 10.0. The van der Waals surface area contributed by atoms with Crippen LogP contribution in [0.1, 0.15) is 48.4 Å². The van der Waals surface area contributed by atoms with Crippen LogP contribution in [0.15, 0.2) is 83.9 Å². The number of benzene rings is 2.